The van der Waals surface area contributed by atoms with Crippen molar-refractivity contribution in [1.82, 2.24) is 0 Å². The maximum Gasteiger partial charge on any atom is 0.0399 e. The van der Waals surface area contributed by atoms with E-state index in [1.807, 2.05) is 0 Å². The van der Waals surface area contributed by atoms with Gasteiger partial charge in [-0.05, 0) is 37.8 Å². The van der Waals surface area contributed by atoms with Crippen LogP contribution in [0.3, 0.4) is 0 Å². The minimum Gasteiger partial charge on any atom is -0.371 e. The standard InChI is InChI=1S/C15H26N2/c1-11(2)13(4)17(5)15-9-7-6-8-14(15)10-12(3)16/h6-9,11-13H,10,16H2,1-5H3. The summed E-state index contributed by atoms with van der Waals surface area (Å²) in [5, 5.41) is 0. The lowest BCUT2D eigenvalue weighted by atomic mass is 10.0. The van der Waals surface area contributed by atoms with Crippen LogP contribution in [-0.4, -0.2) is 19.1 Å². The number of hydrogen-bond acceptors (Lipinski definition) is 2. The molecule has 2 atom stereocenters. The Bertz CT molecular complexity index is 345. The van der Waals surface area contributed by atoms with Gasteiger partial charge in [0.05, 0.1) is 0 Å². The average molecular weight is 234 g/mol. The minimum atomic E-state index is 0.207. The zero-order chi connectivity index (χ0) is 13.0. The number of anilines is 1. The first kappa shape index (κ1) is 14.0. The minimum absolute atomic E-state index is 0.207. The summed E-state index contributed by atoms with van der Waals surface area (Å²) in [4.78, 5) is 2.36. The quantitative estimate of drug-likeness (QED) is 0.848. The molecule has 1 rings (SSSR count). The zero-order valence-corrected chi connectivity index (χ0v) is 11.8. The molecule has 1 aromatic rings. The van der Waals surface area contributed by atoms with E-state index in [1.54, 1.807) is 0 Å². The Morgan fingerprint density at radius 2 is 1.71 bits per heavy atom. The normalized spacial score (nSPS) is 14.8. The van der Waals surface area contributed by atoms with Crippen LogP contribution < -0.4 is 10.6 Å². The van der Waals surface area contributed by atoms with Crippen LogP contribution in [0, 0.1) is 5.92 Å². The summed E-state index contributed by atoms with van der Waals surface area (Å²) in [6.07, 6.45) is 0.936. The van der Waals surface area contributed by atoms with E-state index in [9.17, 15) is 0 Å². The Morgan fingerprint density at radius 1 is 1.12 bits per heavy atom. The lowest BCUT2D eigenvalue weighted by molar-refractivity contribution is 0.504. The third-order valence-electron chi connectivity index (χ3n) is 3.49. The van der Waals surface area contributed by atoms with Crippen molar-refractivity contribution in [3.8, 4) is 0 Å². The number of nitrogens with two attached hydrogens (primary N) is 1. The number of para-hydroxylation sites is 1. The van der Waals surface area contributed by atoms with Crippen molar-refractivity contribution in [2.45, 2.75) is 46.2 Å². The van der Waals surface area contributed by atoms with Crippen LogP contribution in [-0.2, 0) is 6.42 Å². The summed E-state index contributed by atoms with van der Waals surface area (Å²) in [6.45, 7) is 8.85. The second kappa shape index (κ2) is 6.06. The molecule has 0 bridgehead atoms. The molecule has 0 heterocycles. The van der Waals surface area contributed by atoms with E-state index in [1.165, 1.54) is 11.3 Å². The van der Waals surface area contributed by atoms with Crippen molar-refractivity contribution in [3.63, 3.8) is 0 Å². The number of benzene rings is 1. The molecule has 0 aromatic heterocycles. The second-order valence-corrected chi connectivity index (χ2v) is 5.41. The monoisotopic (exact) mass is 234 g/mol. The fourth-order valence-electron chi connectivity index (χ4n) is 2.04. The van der Waals surface area contributed by atoms with E-state index in [-0.39, 0.29) is 6.04 Å². The van der Waals surface area contributed by atoms with Crippen LogP contribution in [0.5, 0.6) is 0 Å². The highest BCUT2D eigenvalue weighted by atomic mass is 15.1. The van der Waals surface area contributed by atoms with Crippen molar-refractivity contribution in [3.05, 3.63) is 29.8 Å². The molecule has 2 N–H and O–H groups in total. The van der Waals surface area contributed by atoms with Gasteiger partial charge < -0.3 is 10.6 Å². The van der Waals surface area contributed by atoms with Gasteiger partial charge in [0.2, 0.25) is 0 Å². The van der Waals surface area contributed by atoms with Crippen molar-refractivity contribution >= 4 is 5.69 Å². The van der Waals surface area contributed by atoms with Crippen LogP contribution in [0.4, 0.5) is 5.69 Å². The zero-order valence-electron chi connectivity index (χ0n) is 11.8. The second-order valence-electron chi connectivity index (χ2n) is 5.41. The van der Waals surface area contributed by atoms with E-state index in [2.05, 4.69) is 63.9 Å². The summed E-state index contributed by atoms with van der Waals surface area (Å²) in [7, 11) is 2.17. The third kappa shape index (κ3) is 3.74. The lowest BCUT2D eigenvalue weighted by Gasteiger charge is -2.32. The molecule has 17 heavy (non-hydrogen) atoms. The average Bonchev–Trinajstić information content (AvgIpc) is 2.27. The summed E-state index contributed by atoms with van der Waals surface area (Å²) in [5.74, 6) is 0.642. The Labute approximate surface area is 106 Å². The van der Waals surface area contributed by atoms with Gasteiger partial charge in [0.25, 0.3) is 0 Å². The molecule has 0 aliphatic carbocycles. The highest BCUT2D eigenvalue weighted by molar-refractivity contribution is 5.54. The molecule has 2 heteroatoms. The molecule has 0 amide bonds. The molecule has 0 spiro atoms. The molecule has 0 saturated heterocycles. The molecule has 0 aliphatic rings. The van der Waals surface area contributed by atoms with Crippen LogP contribution >= 0.6 is 0 Å². The van der Waals surface area contributed by atoms with Gasteiger partial charge in [0.15, 0.2) is 0 Å². The Hall–Kier alpha value is -1.02. The van der Waals surface area contributed by atoms with Crippen LogP contribution in [0.2, 0.25) is 0 Å². The first-order valence-corrected chi connectivity index (χ1v) is 6.49. The molecule has 96 valence electrons. The van der Waals surface area contributed by atoms with Gasteiger partial charge in [0, 0.05) is 24.8 Å². The molecular formula is C15H26N2. The lowest BCUT2D eigenvalue weighted by Crippen LogP contribution is -2.34. The van der Waals surface area contributed by atoms with E-state index >= 15 is 0 Å². The van der Waals surface area contributed by atoms with Gasteiger partial charge in [-0.3, -0.25) is 0 Å². The Balaban J connectivity index is 2.96. The highest BCUT2D eigenvalue weighted by Gasteiger charge is 2.16. The topological polar surface area (TPSA) is 29.3 Å². The van der Waals surface area contributed by atoms with E-state index in [0.717, 1.165) is 6.42 Å². The summed E-state index contributed by atoms with van der Waals surface area (Å²) >= 11 is 0. The number of rotatable bonds is 5. The van der Waals surface area contributed by atoms with Gasteiger partial charge in [-0.25, -0.2) is 0 Å². The van der Waals surface area contributed by atoms with Gasteiger partial charge in [-0.15, -0.1) is 0 Å². The summed E-state index contributed by atoms with van der Waals surface area (Å²) < 4.78 is 0. The fourth-order valence-corrected chi connectivity index (χ4v) is 2.04. The largest absolute Gasteiger partial charge is 0.371 e. The smallest absolute Gasteiger partial charge is 0.0399 e. The Kier molecular flexibility index (Phi) is 5.01. The first-order chi connectivity index (χ1) is 7.93. The van der Waals surface area contributed by atoms with Crippen molar-refractivity contribution in [2.75, 3.05) is 11.9 Å². The molecule has 1 aromatic carbocycles. The molecule has 0 saturated carbocycles. The van der Waals surface area contributed by atoms with Gasteiger partial charge >= 0.3 is 0 Å². The van der Waals surface area contributed by atoms with Gasteiger partial charge in [0.1, 0.15) is 0 Å². The predicted molar refractivity (Wildman–Crippen MR) is 76.5 cm³/mol. The molecule has 0 radical (unpaired) electrons. The first-order valence-electron chi connectivity index (χ1n) is 6.49. The highest BCUT2D eigenvalue weighted by Crippen LogP contribution is 2.24. The molecular weight excluding hydrogens is 208 g/mol. The predicted octanol–water partition coefficient (Wildman–Crippen LogP) is 3.06. The van der Waals surface area contributed by atoms with E-state index in [4.69, 9.17) is 5.73 Å². The van der Waals surface area contributed by atoms with Crippen LogP contribution in [0.25, 0.3) is 0 Å². The number of hydrogen-bond donors (Lipinski definition) is 1. The third-order valence-corrected chi connectivity index (χ3v) is 3.49. The maximum absolute atomic E-state index is 5.91. The fraction of sp³-hybridized carbons (Fsp3) is 0.600. The van der Waals surface area contributed by atoms with Gasteiger partial charge in [-0.2, -0.15) is 0 Å². The SMILES string of the molecule is CC(N)Cc1ccccc1N(C)C(C)C(C)C. The molecule has 2 unspecified atom stereocenters. The van der Waals surface area contributed by atoms with Crippen molar-refractivity contribution in [2.24, 2.45) is 11.7 Å². The van der Waals surface area contributed by atoms with E-state index in [0.29, 0.717) is 12.0 Å². The molecule has 0 fully saturated rings. The van der Waals surface area contributed by atoms with Crippen LogP contribution in [0.1, 0.15) is 33.3 Å². The van der Waals surface area contributed by atoms with Gasteiger partial charge in [-0.1, -0.05) is 32.0 Å². The van der Waals surface area contributed by atoms with Crippen molar-refractivity contribution in [1.29, 1.82) is 0 Å². The summed E-state index contributed by atoms with van der Waals surface area (Å²) in [6, 6.07) is 9.31. The van der Waals surface area contributed by atoms with Crippen molar-refractivity contribution < 1.29 is 0 Å². The molecule has 0 aliphatic heterocycles. The van der Waals surface area contributed by atoms with Crippen LogP contribution in [0.15, 0.2) is 24.3 Å². The Morgan fingerprint density at radius 3 is 2.24 bits per heavy atom. The van der Waals surface area contributed by atoms with E-state index < -0.39 is 0 Å². The maximum atomic E-state index is 5.91. The summed E-state index contributed by atoms with van der Waals surface area (Å²) in [5.41, 5.74) is 8.57. The number of nitrogens with zero attached hydrogens (tertiary/aromatic N) is 1. The molecule has 2 nitrogen and oxygen atoms in total.